The lowest BCUT2D eigenvalue weighted by Gasteiger charge is -2.32. The number of benzene rings is 2. The summed E-state index contributed by atoms with van der Waals surface area (Å²) in [6, 6.07) is 13.9. The van der Waals surface area contributed by atoms with Crippen LogP contribution >= 0.6 is 23.2 Å². The Labute approximate surface area is 178 Å². The Balaban J connectivity index is 1.95. The van der Waals surface area contributed by atoms with E-state index in [0.29, 0.717) is 16.0 Å². The Morgan fingerprint density at radius 1 is 1.00 bits per heavy atom. The van der Waals surface area contributed by atoms with Gasteiger partial charge in [-0.2, -0.15) is 0 Å². The van der Waals surface area contributed by atoms with E-state index >= 15 is 0 Å². The number of piperidine rings is 1. The van der Waals surface area contributed by atoms with Gasteiger partial charge in [-0.1, -0.05) is 35.3 Å². The third-order valence-corrected chi connectivity index (χ3v) is 6.10. The van der Waals surface area contributed by atoms with E-state index in [9.17, 15) is 4.79 Å². The summed E-state index contributed by atoms with van der Waals surface area (Å²) in [5.74, 6) is 0.816. The Morgan fingerprint density at radius 2 is 1.57 bits per heavy atom. The zero-order chi connectivity index (χ0) is 20.1. The summed E-state index contributed by atoms with van der Waals surface area (Å²) < 4.78 is 0. The second-order valence-electron chi connectivity index (χ2n) is 7.37. The van der Waals surface area contributed by atoms with Gasteiger partial charge in [0.1, 0.15) is 0 Å². The van der Waals surface area contributed by atoms with Crippen LogP contribution in [0.15, 0.2) is 42.5 Å². The van der Waals surface area contributed by atoms with Crippen molar-refractivity contribution in [3.05, 3.63) is 69.2 Å². The Morgan fingerprint density at radius 3 is 2.11 bits per heavy atom. The van der Waals surface area contributed by atoms with E-state index in [0.717, 1.165) is 50.1 Å². The fourth-order valence-electron chi connectivity index (χ4n) is 4.20. The zero-order valence-corrected chi connectivity index (χ0v) is 18.1. The second kappa shape index (κ2) is 9.78. The van der Waals surface area contributed by atoms with Crippen LogP contribution in [0, 0.1) is 5.92 Å². The van der Waals surface area contributed by atoms with Crippen molar-refractivity contribution in [1.82, 2.24) is 10.2 Å². The van der Waals surface area contributed by atoms with Gasteiger partial charge in [0, 0.05) is 34.6 Å². The van der Waals surface area contributed by atoms with E-state index in [1.165, 1.54) is 5.56 Å². The van der Waals surface area contributed by atoms with E-state index in [2.05, 4.69) is 17.4 Å². The summed E-state index contributed by atoms with van der Waals surface area (Å²) in [5, 5.41) is 4.77. The fourth-order valence-corrected chi connectivity index (χ4v) is 4.74. The van der Waals surface area contributed by atoms with E-state index in [-0.39, 0.29) is 11.8 Å². The summed E-state index contributed by atoms with van der Waals surface area (Å²) in [6.07, 6.45) is 2.21. The van der Waals surface area contributed by atoms with Crippen LogP contribution in [-0.4, -0.2) is 37.0 Å². The lowest BCUT2D eigenvalue weighted by atomic mass is 9.76. The van der Waals surface area contributed by atoms with Crippen LogP contribution in [0.3, 0.4) is 0 Å². The Kier molecular flexibility index (Phi) is 7.39. The minimum absolute atomic E-state index is 0.0840. The molecule has 1 aliphatic heterocycles. The molecule has 2 aromatic carbocycles. The van der Waals surface area contributed by atoms with Crippen molar-refractivity contribution in [2.45, 2.75) is 32.6 Å². The maximum Gasteiger partial charge on any atom is 0.253 e. The Bertz CT molecular complexity index is 776. The van der Waals surface area contributed by atoms with Crippen molar-refractivity contribution in [2.75, 3.05) is 26.2 Å². The largest absolute Gasteiger partial charge is 0.339 e. The molecule has 1 aliphatic rings. The number of halogens is 2. The van der Waals surface area contributed by atoms with Crippen LogP contribution in [0.2, 0.25) is 10.0 Å². The molecule has 1 heterocycles. The van der Waals surface area contributed by atoms with Crippen molar-refractivity contribution in [3.8, 4) is 0 Å². The van der Waals surface area contributed by atoms with Crippen LogP contribution < -0.4 is 5.32 Å². The molecular formula is C23H28Cl2N2O. The minimum Gasteiger partial charge on any atom is -0.339 e. The quantitative estimate of drug-likeness (QED) is 0.661. The highest BCUT2D eigenvalue weighted by Gasteiger charge is 2.27. The molecule has 1 amide bonds. The first-order chi connectivity index (χ1) is 13.5. The SMILES string of the molecule is CCN(CC)C(=O)c1ccc(C(c2cc(Cl)cc(Cl)c2)C2CCNCC2)cc1. The molecule has 0 radical (unpaired) electrons. The van der Waals surface area contributed by atoms with E-state index in [1.807, 2.05) is 43.0 Å². The average molecular weight is 419 g/mol. The summed E-state index contributed by atoms with van der Waals surface area (Å²) >= 11 is 12.6. The van der Waals surface area contributed by atoms with Crippen molar-refractivity contribution in [3.63, 3.8) is 0 Å². The summed E-state index contributed by atoms with van der Waals surface area (Å²) in [7, 11) is 0. The van der Waals surface area contributed by atoms with E-state index < -0.39 is 0 Å². The highest BCUT2D eigenvalue weighted by Crippen LogP contribution is 2.39. The van der Waals surface area contributed by atoms with Gasteiger partial charge in [0.25, 0.3) is 5.91 Å². The molecule has 1 unspecified atom stereocenters. The predicted molar refractivity (Wildman–Crippen MR) is 118 cm³/mol. The normalized spacial score (nSPS) is 16.0. The van der Waals surface area contributed by atoms with Crippen molar-refractivity contribution >= 4 is 29.1 Å². The minimum atomic E-state index is 0.0840. The van der Waals surface area contributed by atoms with Gasteiger partial charge < -0.3 is 10.2 Å². The Hall–Kier alpha value is -1.55. The van der Waals surface area contributed by atoms with Crippen LogP contribution in [-0.2, 0) is 0 Å². The lowest BCUT2D eigenvalue weighted by molar-refractivity contribution is 0.0773. The zero-order valence-electron chi connectivity index (χ0n) is 16.6. The summed E-state index contributed by atoms with van der Waals surface area (Å²) in [5.41, 5.74) is 3.09. The van der Waals surface area contributed by atoms with Gasteiger partial charge in [-0.25, -0.2) is 0 Å². The first-order valence-electron chi connectivity index (χ1n) is 10.1. The molecular weight excluding hydrogens is 391 g/mol. The van der Waals surface area contributed by atoms with Crippen LogP contribution in [0.5, 0.6) is 0 Å². The highest BCUT2D eigenvalue weighted by molar-refractivity contribution is 6.34. The van der Waals surface area contributed by atoms with Gasteiger partial charge in [0.15, 0.2) is 0 Å². The average Bonchev–Trinajstić information content (AvgIpc) is 2.70. The molecule has 0 aromatic heterocycles. The standard InChI is InChI=1S/C23H28Cl2N2O/c1-3-27(4-2)23(28)18-7-5-16(6-8-18)22(17-9-11-26-12-10-17)19-13-20(24)15-21(25)14-19/h5-8,13-15,17,22,26H,3-4,9-12H2,1-2H3. The number of carbonyl (C=O) groups excluding carboxylic acids is 1. The monoisotopic (exact) mass is 418 g/mol. The molecule has 150 valence electrons. The topological polar surface area (TPSA) is 32.3 Å². The lowest BCUT2D eigenvalue weighted by Crippen LogP contribution is -2.31. The third kappa shape index (κ3) is 4.89. The molecule has 1 atom stereocenters. The maximum atomic E-state index is 12.6. The van der Waals surface area contributed by atoms with Crippen LogP contribution in [0.4, 0.5) is 0 Å². The molecule has 28 heavy (non-hydrogen) atoms. The highest BCUT2D eigenvalue weighted by atomic mass is 35.5. The molecule has 3 nitrogen and oxygen atoms in total. The smallest absolute Gasteiger partial charge is 0.253 e. The number of nitrogens with one attached hydrogen (secondary N) is 1. The number of hydrogen-bond acceptors (Lipinski definition) is 2. The number of nitrogens with zero attached hydrogens (tertiary/aromatic N) is 1. The first-order valence-corrected chi connectivity index (χ1v) is 10.8. The van der Waals surface area contributed by atoms with Crippen molar-refractivity contribution < 1.29 is 4.79 Å². The number of hydrogen-bond donors (Lipinski definition) is 1. The summed E-state index contributed by atoms with van der Waals surface area (Å²) in [6.45, 7) is 7.49. The molecule has 3 rings (SSSR count). The predicted octanol–water partition coefficient (Wildman–Crippen LogP) is 5.61. The third-order valence-electron chi connectivity index (χ3n) is 5.67. The number of amides is 1. The van der Waals surface area contributed by atoms with Crippen molar-refractivity contribution in [2.24, 2.45) is 5.92 Å². The molecule has 0 bridgehead atoms. The van der Waals surface area contributed by atoms with Gasteiger partial charge in [-0.05, 0) is 87.2 Å². The number of carbonyl (C=O) groups is 1. The van der Waals surface area contributed by atoms with E-state index in [4.69, 9.17) is 23.2 Å². The van der Waals surface area contributed by atoms with Gasteiger partial charge in [-0.3, -0.25) is 4.79 Å². The first kappa shape index (κ1) is 21.2. The molecule has 2 aromatic rings. The van der Waals surface area contributed by atoms with E-state index in [1.54, 1.807) is 6.07 Å². The second-order valence-corrected chi connectivity index (χ2v) is 8.24. The summed E-state index contributed by atoms with van der Waals surface area (Å²) in [4.78, 5) is 14.5. The molecule has 1 fully saturated rings. The van der Waals surface area contributed by atoms with Gasteiger partial charge in [0.05, 0.1) is 0 Å². The molecule has 0 saturated carbocycles. The van der Waals surface area contributed by atoms with Crippen molar-refractivity contribution in [1.29, 1.82) is 0 Å². The molecule has 1 saturated heterocycles. The molecule has 5 heteroatoms. The van der Waals surface area contributed by atoms with Gasteiger partial charge in [0.2, 0.25) is 0 Å². The van der Waals surface area contributed by atoms with Crippen LogP contribution in [0.1, 0.15) is 54.1 Å². The molecule has 0 aliphatic carbocycles. The molecule has 0 spiro atoms. The number of rotatable bonds is 6. The van der Waals surface area contributed by atoms with Gasteiger partial charge in [-0.15, -0.1) is 0 Å². The molecule has 1 N–H and O–H groups in total. The fraction of sp³-hybridized carbons (Fsp3) is 0.435. The maximum absolute atomic E-state index is 12.6. The van der Waals surface area contributed by atoms with Crippen LogP contribution in [0.25, 0.3) is 0 Å². The van der Waals surface area contributed by atoms with Gasteiger partial charge >= 0.3 is 0 Å².